The highest BCUT2D eigenvalue weighted by atomic mass is 16.5. The summed E-state index contributed by atoms with van der Waals surface area (Å²) < 4.78 is 16.4. The Kier molecular flexibility index (Phi) is 6.46. The van der Waals surface area contributed by atoms with E-state index in [1.165, 1.54) is 13.2 Å². The Balaban J connectivity index is 2.22. The van der Waals surface area contributed by atoms with Crippen molar-refractivity contribution in [2.24, 2.45) is 0 Å². The van der Waals surface area contributed by atoms with Crippen LogP contribution in [0.5, 0.6) is 17.2 Å². The number of carbonyl (C=O) groups excluding carboxylic acids is 1. The lowest BCUT2D eigenvalue weighted by Gasteiger charge is -2.13. The molecule has 0 aliphatic rings. The molecule has 0 saturated heterocycles. The quantitative estimate of drug-likeness (QED) is 0.543. The lowest BCUT2D eigenvalue weighted by Crippen LogP contribution is -2.07. The number of rotatable bonds is 8. The van der Waals surface area contributed by atoms with E-state index in [-0.39, 0.29) is 5.78 Å². The molecule has 0 N–H and O–H groups in total. The topological polar surface area (TPSA) is 48.0 Å². The summed E-state index contributed by atoms with van der Waals surface area (Å²) in [4.78, 5) is 14.4. The highest BCUT2D eigenvalue weighted by Crippen LogP contribution is 2.30. The third-order valence-corrected chi connectivity index (χ3v) is 3.53. The summed E-state index contributed by atoms with van der Waals surface area (Å²) in [5, 5.41) is 0. The Morgan fingerprint density at radius 3 is 2.28 bits per heavy atom. The lowest BCUT2D eigenvalue weighted by molar-refractivity contribution is 0.103. The molecule has 2 aromatic rings. The molecule has 0 amide bonds. The highest BCUT2D eigenvalue weighted by molar-refractivity contribution is 6.08. The standard InChI is InChI=1S/C20H23NO4/c1-21(2)13-12-17(22)20-18(24-4)6-5-7-19(20)25-14-15-8-10-16(23-3)11-9-15/h5-13H,14H2,1-4H3. The van der Waals surface area contributed by atoms with Gasteiger partial charge in [-0.25, -0.2) is 0 Å². The van der Waals surface area contributed by atoms with Gasteiger partial charge in [-0.1, -0.05) is 18.2 Å². The molecule has 0 aliphatic carbocycles. The first-order valence-corrected chi connectivity index (χ1v) is 7.87. The average Bonchev–Trinajstić information content (AvgIpc) is 2.64. The number of nitrogens with zero attached hydrogens (tertiary/aromatic N) is 1. The molecule has 0 fully saturated rings. The summed E-state index contributed by atoms with van der Waals surface area (Å²) in [6.45, 7) is 0.342. The molecule has 0 heterocycles. The summed E-state index contributed by atoms with van der Waals surface area (Å²) in [5.41, 5.74) is 1.39. The molecule has 0 unspecified atom stereocenters. The zero-order valence-electron chi connectivity index (χ0n) is 15.0. The van der Waals surface area contributed by atoms with Crippen LogP contribution in [-0.2, 0) is 6.61 Å². The highest BCUT2D eigenvalue weighted by Gasteiger charge is 2.16. The minimum Gasteiger partial charge on any atom is -0.497 e. The molecule has 2 rings (SSSR count). The van der Waals surface area contributed by atoms with Crippen molar-refractivity contribution in [2.45, 2.75) is 6.61 Å². The van der Waals surface area contributed by atoms with Crippen LogP contribution in [0.1, 0.15) is 15.9 Å². The Bertz CT molecular complexity index is 736. The summed E-state index contributed by atoms with van der Waals surface area (Å²) in [6.07, 6.45) is 3.19. The van der Waals surface area contributed by atoms with Crippen LogP contribution in [0.25, 0.3) is 0 Å². The monoisotopic (exact) mass is 341 g/mol. The molecule has 2 aromatic carbocycles. The van der Waals surface area contributed by atoms with Crippen molar-refractivity contribution in [2.75, 3.05) is 28.3 Å². The normalized spacial score (nSPS) is 10.6. The molecule has 0 aromatic heterocycles. The smallest absolute Gasteiger partial charge is 0.194 e. The van der Waals surface area contributed by atoms with E-state index in [9.17, 15) is 4.79 Å². The fourth-order valence-electron chi connectivity index (χ4n) is 2.23. The molecular formula is C20H23NO4. The first-order valence-electron chi connectivity index (χ1n) is 7.87. The number of allylic oxidation sites excluding steroid dienone is 1. The van der Waals surface area contributed by atoms with Crippen LogP contribution in [0.2, 0.25) is 0 Å². The van der Waals surface area contributed by atoms with Gasteiger partial charge < -0.3 is 19.1 Å². The fourth-order valence-corrected chi connectivity index (χ4v) is 2.23. The van der Waals surface area contributed by atoms with Gasteiger partial charge in [-0.2, -0.15) is 0 Å². The minimum atomic E-state index is -0.170. The maximum atomic E-state index is 12.6. The zero-order valence-corrected chi connectivity index (χ0v) is 15.0. The second-order valence-corrected chi connectivity index (χ2v) is 5.61. The molecule has 0 radical (unpaired) electrons. The molecule has 0 bridgehead atoms. The average molecular weight is 341 g/mol. The first-order chi connectivity index (χ1) is 12.0. The van der Waals surface area contributed by atoms with Crippen molar-refractivity contribution in [1.29, 1.82) is 0 Å². The Morgan fingerprint density at radius 1 is 1.00 bits per heavy atom. The Hall–Kier alpha value is -2.95. The van der Waals surface area contributed by atoms with Crippen molar-refractivity contribution < 1.29 is 19.0 Å². The van der Waals surface area contributed by atoms with Gasteiger partial charge in [0.05, 0.1) is 14.2 Å². The van der Waals surface area contributed by atoms with E-state index in [4.69, 9.17) is 14.2 Å². The lowest BCUT2D eigenvalue weighted by atomic mass is 10.1. The van der Waals surface area contributed by atoms with E-state index in [2.05, 4.69) is 0 Å². The van der Waals surface area contributed by atoms with Crippen molar-refractivity contribution in [3.05, 3.63) is 65.9 Å². The number of hydrogen-bond donors (Lipinski definition) is 0. The van der Waals surface area contributed by atoms with Gasteiger partial charge in [-0.05, 0) is 29.8 Å². The second-order valence-electron chi connectivity index (χ2n) is 5.61. The van der Waals surface area contributed by atoms with Crippen molar-refractivity contribution in [1.82, 2.24) is 4.90 Å². The van der Waals surface area contributed by atoms with Crippen LogP contribution in [0, 0.1) is 0 Å². The molecule has 25 heavy (non-hydrogen) atoms. The van der Waals surface area contributed by atoms with Crippen LogP contribution in [0.15, 0.2) is 54.7 Å². The van der Waals surface area contributed by atoms with Crippen LogP contribution in [0.3, 0.4) is 0 Å². The number of ketones is 1. The van der Waals surface area contributed by atoms with Crippen molar-refractivity contribution in [3.8, 4) is 17.2 Å². The van der Waals surface area contributed by atoms with Crippen LogP contribution < -0.4 is 14.2 Å². The SMILES string of the molecule is COc1ccc(COc2cccc(OC)c2C(=O)C=CN(C)C)cc1. The van der Waals surface area contributed by atoms with Gasteiger partial charge in [0, 0.05) is 26.4 Å². The largest absolute Gasteiger partial charge is 0.497 e. The van der Waals surface area contributed by atoms with Gasteiger partial charge in [-0.15, -0.1) is 0 Å². The number of ether oxygens (including phenoxy) is 3. The van der Waals surface area contributed by atoms with Crippen LogP contribution in [0.4, 0.5) is 0 Å². The van der Waals surface area contributed by atoms with E-state index in [1.54, 1.807) is 36.4 Å². The molecule has 5 nitrogen and oxygen atoms in total. The van der Waals surface area contributed by atoms with E-state index in [0.717, 1.165) is 11.3 Å². The molecule has 5 heteroatoms. The van der Waals surface area contributed by atoms with E-state index < -0.39 is 0 Å². The Labute approximate surface area is 148 Å². The summed E-state index contributed by atoms with van der Waals surface area (Å²) >= 11 is 0. The van der Waals surface area contributed by atoms with Gasteiger partial charge in [0.2, 0.25) is 0 Å². The van der Waals surface area contributed by atoms with Gasteiger partial charge in [0.1, 0.15) is 29.4 Å². The van der Waals surface area contributed by atoms with Gasteiger partial charge in [-0.3, -0.25) is 4.79 Å². The van der Waals surface area contributed by atoms with Crippen molar-refractivity contribution >= 4 is 5.78 Å². The van der Waals surface area contributed by atoms with E-state index >= 15 is 0 Å². The van der Waals surface area contributed by atoms with E-state index in [0.29, 0.717) is 23.7 Å². The zero-order chi connectivity index (χ0) is 18.2. The predicted octanol–water partition coefficient (Wildman–Crippen LogP) is 3.54. The predicted molar refractivity (Wildman–Crippen MR) is 97.5 cm³/mol. The maximum absolute atomic E-state index is 12.6. The molecule has 0 atom stereocenters. The number of benzene rings is 2. The molecule has 0 spiro atoms. The van der Waals surface area contributed by atoms with Gasteiger partial charge in [0.15, 0.2) is 5.78 Å². The molecule has 0 aliphatic heterocycles. The fraction of sp³-hybridized carbons (Fsp3) is 0.250. The van der Waals surface area contributed by atoms with Gasteiger partial charge >= 0.3 is 0 Å². The van der Waals surface area contributed by atoms with Crippen molar-refractivity contribution in [3.63, 3.8) is 0 Å². The summed E-state index contributed by atoms with van der Waals surface area (Å²) in [6, 6.07) is 12.9. The number of hydrogen-bond acceptors (Lipinski definition) is 5. The maximum Gasteiger partial charge on any atom is 0.194 e. The third-order valence-electron chi connectivity index (χ3n) is 3.53. The van der Waals surface area contributed by atoms with Crippen LogP contribution >= 0.6 is 0 Å². The van der Waals surface area contributed by atoms with E-state index in [1.807, 2.05) is 38.4 Å². The van der Waals surface area contributed by atoms with Crippen LogP contribution in [-0.4, -0.2) is 39.0 Å². The number of carbonyl (C=O) groups is 1. The first kappa shape index (κ1) is 18.4. The molecule has 132 valence electrons. The minimum absolute atomic E-state index is 0.170. The molecular weight excluding hydrogens is 318 g/mol. The summed E-state index contributed by atoms with van der Waals surface area (Å²) in [5.74, 6) is 1.59. The number of methoxy groups -OCH3 is 2. The molecule has 0 saturated carbocycles. The summed E-state index contributed by atoms with van der Waals surface area (Å²) in [7, 11) is 6.87. The Morgan fingerprint density at radius 2 is 1.68 bits per heavy atom. The second kappa shape index (κ2) is 8.78. The third kappa shape index (κ3) is 5.01. The van der Waals surface area contributed by atoms with Gasteiger partial charge in [0.25, 0.3) is 0 Å².